The minimum absolute atomic E-state index is 0.140. The molecule has 56 heavy (non-hydrogen) atoms. The number of para-hydroxylation sites is 1. The van der Waals surface area contributed by atoms with E-state index in [0.29, 0.717) is 0 Å². The van der Waals surface area contributed by atoms with E-state index in [0.717, 1.165) is 11.4 Å². The first kappa shape index (κ1) is 32.9. The summed E-state index contributed by atoms with van der Waals surface area (Å²) < 4.78 is 0. The molecule has 0 radical (unpaired) electrons. The fourth-order valence-electron chi connectivity index (χ4n) is 10.9. The molecule has 0 heterocycles. The molecule has 0 N–H and O–H groups in total. The SMILES string of the molecule is Cc1cc(C)c2c(c1)C1(c3ccccc3-c3cccc(N(c4ccc5c(c4)C(C)(C)c4ccccc4-5)c4ccccc4-c4ccccc4)c31)c1cccc(C)c1-2. The summed E-state index contributed by atoms with van der Waals surface area (Å²) in [6.07, 6.45) is 0. The van der Waals surface area contributed by atoms with Gasteiger partial charge in [0.15, 0.2) is 0 Å². The molecule has 268 valence electrons. The summed E-state index contributed by atoms with van der Waals surface area (Å²) in [5.41, 5.74) is 25.5. The molecule has 0 bridgehead atoms. The zero-order valence-corrected chi connectivity index (χ0v) is 32.6. The Hall–Kier alpha value is -6.44. The average Bonchev–Trinajstić information content (AvgIpc) is 3.78. The zero-order chi connectivity index (χ0) is 37.9. The lowest BCUT2D eigenvalue weighted by atomic mass is 9.69. The first-order chi connectivity index (χ1) is 27.3. The minimum Gasteiger partial charge on any atom is -0.310 e. The second-order valence-electron chi connectivity index (χ2n) is 16.6. The standard InChI is InChI=1S/C55H43N/c1-34-31-36(3)52-48(32-34)55(46-26-15-17-35(2)51(46)52)45-25-13-10-22-41(45)43-23-16-28-50(53(43)55)56(49-27-14-11-20-39(49)37-18-7-6-8-19-37)38-29-30-42-40-21-9-12-24-44(40)54(4,5)47(42)33-38/h6-33H,1-5H3. The molecule has 11 rings (SSSR count). The number of anilines is 3. The van der Waals surface area contributed by atoms with Gasteiger partial charge in [0, 0.05) is 22.2 Å². The van der Waals surface area contributed by atoms with Crippen LogP contribution >= 0.6 is 0 Å². The van der Waals surface area contributed by atoms with E-state index in [1.165, 1.54) is 100 Å². The molecule has 1 nitrogen and oxygen atoms in total. The third kappa shape index (κ3) is 4.26. The number of aryl methyl sites for hydroxylation is 3. The number of rotatable bonds is 4. The van der Waals surface area contributed by atoms with Gasteiger partial charge in [0.1, 0.15) is 0 Å². The maximum atomic E-state index is 2.59. The fraction of sp³-hybridized carbons (Fsp3) is 0.127. The molecule has 1 spiro atoms. The van der Waals surface area contributed by atoms with Gasteiger partial charge in [0.2, 0.25) is 0 Å². The van der Waals surface area contributed by atoms with Gasteiger partial charge in [-0.15, -0.1) is 0 Å². The summed E-state index contributed by atoms with van der Waals surface area (Å²) in [6, 6.07) is 64.1. The van der Waals surface area contributed by atoms with Crippen molar-refractivity contribution in [2.45, 2.75) is 45.4 Å². The fourth-order valence-corrected chi connectivity index (χ4v) is 10.9. The van der Waals surface area contributed by atoms with Crippen molar-refractivity contribution in [1.29, 1.82) is 0 Å². The van der Waals surface area contributed by atoms with E-state index in [4.69, 9.17) is 0 Å². The Morgan fingerprint density at radius 3 is 1.79 bits per heavy atom. The van der Waals surface area contributed by atoms with Gasteiger partial charge in [-0.25, -0.2) is 0 Å². The Morgan fingerprint density at radius 1 is 0.393 bits per heavy atom. The molecule has 3 aliphatic carbocycles. The van der Waals surface area contributed by atoms with Crippen molar-refractivity contribution < 1.29 is 0 Å². The molecule has 1 atom stereocenters. The highest BCUT2D eigenvalue weighted by Crippen LogP contribution is 2.66. The minimum atomic E-state index is -0.512. The second-order valence-corrected chi connectivity index (χ2v) is 16.6. The average molecular weight is 718 g/mol. The molecule has 0 saturated heterocycles. The van der Waals surface area contributed by atoms with Gasteiger partial charge in [-0.3, -0.25) is 0 Å². The quantitative estimate of drug-likeness (QED) is 0.175. The van der Waals surface area contributed by atoms with Crippen LogP contribution in [0.4, 0.5) is 17.1 Å². The summed E-state index contributed by atoms with van der Waals surface area (Å²) in [5.74, 6) is 0. The molecule has 0 fully saturated rings. The highest BCUT2D eigenvalue weighted by molar-refractivity contribution is 6.02. The molecule has 8 aromatic carbocycles. The summed E-state index contributed by atoms with van der Waals surface area (Å²) in [5, 5.41) is 0. The van der Waals surface area contributed by atoms with Crippen LogP contribution in [0.2, 0.25) is 0 Å². The van der Waals surface area contributed by atoms with Crippen molar-refractivity contribution in [1.82, 2.24) is 0 Å². The van der Waals surface area contributed by atoms with Crippen LogP contribution < -0.4 is 4.90 Å². The highest BCUT2D eigenvalue weighted by Gasteiger charge is 2.54. The first-order valence-electron chi connectivity index (χ1n) is 19.9. The summed E-state index contributed by atoms with van der Waals surface area (Å²) in [4.78, 5) is 2.59. The van der Waals surface area contributed by atoms with Crippen LogP contribution in [0.15, 0.2) is 170 Å². The molecular weight excluding hydrogens is 675 g/mol. The zero-order valence-electron chi connectivity index (χ0n) is 32.6. The topological polar surface area (TPSA) is 3.24 Å². The summed E-state index contributed by atoms with van der Waals surface area (Å²) in [7, 11) is 0. The van der Waals surface area contributed by atoms with Gasteiger partial charge in [-0.2, -0.15) is 0 Å². The lowest BCUT2D eigenvalue weighted by Crippen LogP contribution is -2.28. The van der Waals surface area contributed by atoms with Gasteiger partial charge >= 0.3 is 0 Å². The lowest BCUT2D eigenvalue weighted by molar-refractivity contribution is 0.660. The number of fused-ring (bicyclic) bond motifs is 13. The third-order valence-electron chi connectivity index (χ3n) is 13.1. The molecular formula is C55H43N. The summed E-state index contributed by atoms with van der Waals surface area (Å²) >= 11 is 0. The van der Waals surface area contributed by atoms with E-state index in [1.807, 2.05) is 0 Å². The van der Waals surface area contributed by atoms with Crippen molar-refractivity contribution in [3.8, 4) is 44.5 Å². The van der Waals surface area contributed by atoms with Crippen molar-refractivity contribution in [3.63, 3.8) is 0 Å². The van der Waals surface area contributed by atoms with Gasteiger partial charge < -0.3 is 4.90 Å². The smallest absolute Gasteiger partial charge is 0.0746 e. The maximum Gasteiger partial charge on any atom is 0.0746 e. The molecule has 0 aromatic heterocycles. The Balaban J connectivity index is 1.28. The number of hydrogen-bond acceptors (Lipinski definition) is 1. The van der Waals surface area contributed by atoms with E-state index in [2.05, 4.69) is 209 Å². The monoisotopic (exact) mass is 717 g/mol. The Bertz CT molecular complexity index is 2930. The van der Waals surface area contributed by atoms with Crippen LogP contribution in [0, 0.1) is 20.8 Å². The Morgan fingerprint density at radius 2 is 0.982 bits per heavy atom. The molecule has 8 aromatic rings. The highest BCUT2D eigenvalue weighted by atomic mass is 15.1. The third-order valence-corrected chi connectivity index (χ3v) is 13.1. The predicted octanol–water partition coefficient (Wildman–Crippen LogP) is 14.4. The molecule has 0 amide bonds. The van der Waals surface area contributed by atoms with Crippen molar-refractivity contribution in [3.05, 3.63) is 220 Å². The lowest BCUT2D eigenvalue weighted by Gasteiger charge is -2.37. The van der Waals surface area contributed by atoms with Gasteiger partial charge in [0.05, 0.1) is 16.8 Å². The van der Waals surface area contributed by atoms with Gasteiger partial charge in [-0.1, -0.05) is 165 Å². The van der Waals surface area contributed by atoms with Gasteiger partial charge in [-0.05, 0) is 123 Å². The number of nitrogens with zero attached hydrogens (tertiary/aromatic N) is 1. The number of hydrogen-bond donors (Lipinski definition) is 0. The van der Waals surface area contributed by atoms with Crippen molar-refractivity contribution in [2.75, 3.05) is 4.90 Å². The second kappa shape index (κ2) is 11.8. The van der Waals surface area contributed by atoms with E-state index in [1.54, 1.807) is 0 Å². The van der Waals surface area contributed by atoms with Crippen LogP contribution in [0.25, 0.3) is 44.5 Å². The van der Waals surface area contributed by atoms with Crippen LogP contribution in [0.3, 0.4) is 0 Å². The van der Waals surface area contributed by atoms with Crippen LogP contribution in [-0.2, 0) is 10.8 Å². The largest absolute Gasteiger partial charge is 0.310 e. The maximum absolute atomic E-state index is 2.59. The van der Waals surface area contributed by atoms with Gasteiger partial charge in [0.25, 0.3) is 0 Å². The molecule has 0 aliphatic heterocycles. The van der Waals surface area contributed by atoms with Crippen LogP contribution in [0.5, 0.6) is 0 Å². The van der Waals surface area contributed by atoms with E-state index in [9.17, 15) is 0 Å². The van der Waals surface area contributed by atoms with Crippen LogP contribution in [-0.4, -0.2) is 0 Å². The Labute approximate surface area is 330 Å². The van der Waals surface area contributed by atoms with E-state index < -0.39 is 5.41 Å². The Kier molecular flexibility index (Phi) is 6.93. The molecule has 1 unspecified atom stereocenters. The van der Waals surface area contributed by atoms with Crippen molar-refractivity contribution >= 4 is 17.1 Å². The normalized spacial score (nSPS) is 16.2. The molecule has 3 aliphatic rings. The predicted molar refractivity (Wildman–Crippen MR) is 235 cm³/mol. The van der Waals surface area contributed by atoms with Crippen LogP contribution in [0.1, 0.15) is 63.9 Å². The number of benzene rings is 8. The van der Waals surface area contributed by atoms with E-state index >= 15 is 0 Å². The summed E-state index contributed by atoms with van der Waals surface area (Å²) in [6.45, 7) is 11.6. The first-order valence-corrected chi connectivity index (χ1v) is 19.9. The van der Waals surface area contributed by atoms with E-state index in [-0.39, 0.29) is 5.41 Å². The molecule has 1 heteroatoms. The van der Waals surface area contributed by atoms with Crippen molar-refractivity contribution in [2.24, 2.45) is 0 Å². The molecule has 0 saturated carbocycles.